The topological polar surface area (TPSA) is 77.8 Å². The van der Waals surface area contributed by atoms with Crippen molar-refractivity contribution in [1.29, 1.82) is 0 Å². The molecule has 5 nitrogen and oxygen atoms in total. The van der Waals surface area contributed by atoms with Crippen LogP contribution in [0.25, 0.3) is 23.0 Å². The second kappa shape index (κ2) is 5.18. The van der Waals surface area contributed by atoms with E-state index < -0.39 is 0 Å². The number of nitrogens with two attached hydrogens (primary N) is 1. The molecular weight excluding hydrogens is 288 g/mol. The van der Waals surface area contributed by atoms with E-state index in [0.29, 0.717) is 28.1 Å². The summed E-state index contributed by atoms with van der Waals surface area (Å²) in [6.07, 6.45) is 1.54. The summed E-state index contributed by atoms with van der Waals surface area (Å²) in [6.45, 7) is 3.94. The quantitative estimate of drug-likeness (QED) is 0.731. The van der Waals surface area contributed by atoms with E-state index in [1.807, 2.05) is 26.0 Å². The Labute approximate surface area is 126 Å². The smallest absolute Gasteiger partial charge is 0.260 e. The normalized spacial score (nSPS) is 10.8. The number of halogens is 1. The second-order valence-electron chi connectivity index (χ2n) is 4.83. The van der Waals surface area contributed by atoms with Gasteiger partial charge in [0.2, 0.25) is 5.82 Å². The van der Waals surface area contributed by atoms with Crippen molar-refractivity contribution in [2.24, 2.45) is 0 Å². The van der Waals surface area contributed by atoms with E-state index in [9.17, 15) is 0 Å². The summed E-state index contributed by atoms with van der Waals surface area (Å²) >= 11 is 5.81. The highest BCUT2D eigenvalue weighted by Gasteiger charge is 2.15. The molecule has 2 N–H and O–H groups in total. The van der Waals surface area contributed by atoms with Crippen LogP contribution in [0.4, 0.5) is 5.69 Å². The largest absolute Gasteiger partial charge is 0.398 e. The molecule has 0 saturated heterocycles. The van der Waals surface area contributed by atoms with Gasteiger partial charge in [-0.3, -0.25) is 4.98 Å². The first-order chi connectivity index (χ1) is 10.0. The second-order valence-corrected chi connectivity index (χ2v) is 5.26. The van der Waals surface area contributed by atoms with Crippen LogP contribution < -0.4 is 5.73 Å². The summed E-state index contributed by atoms with van der Waals surface area (Å²) < 4.78 is 5.31. The van der Waals surface area contributed by atoms with Crippen molar-refractivity contribution < 1.29 is 4.52 Å². The molecule has 106 valence electrons. The van der Waals surface area contributed by atoms with Crippen LogP contribution in [-0.2, 0) is 0 Å². The van der Waals surface area contributed by atoms with Crippen molar-refractivity contribution in [2.75, 3.05) is 5.73 Å². The van der Waals surface area contributed by atoms with Crippen LogP contribution in [-0.4, -0.2) is 15.1 Å². The van der Waals surface area contributed by atoms with Gasteiger partial charge in [-0.2, -0.15) is 4.98 Å². The van der Waals surface area contributed by atoms with Crippen molar-refractivity contribution in [3.63, 3.8) is 0 Å². The number of anilines is 1. The maximum atomic E-state index is 6.09. The lowest BCUT2D eigenvalue weighted by molar-refractivity contribution is 0.432. The van der Waals surface area contributed by atoms with E-state index >= 15 is 0 Å². The van der Waals surface area contributed by atoms with Crippen LogP contribution in [0.15, 0.2) is 35.0 Å². The Morgan fingerprint density at radius 2 is 2.00 bits per heavy atom. The van der Waals surface area contributed by atoms with Crippen molar-refractivity contribution in [2.45, 2.75) is 13.8 Å². The maximum Gasteiger partial charge on any atom is 0.260 e. The highest BCUT2D eigenvalue weighted by molar-refractivity contribution is 6.30. The molecule has 2 heterocycles. The molecule has 1 aromatic carbocycles. The lowest BCUT2D eigenvalue weighted by Gasteiger charge is -2.06. The Hall–Kier alpha value is -2.40. The molecule has 0 atom stereocenters. The zero-order valence-corrected chi connectivity index (χ0v) is 12.3. The Balaban J connectivity index is 2.04. The zero-order valence-electron chi connectivity index (χ0n) is 11.6. The van der Waals surface area contributed by atoms with Gasteiger partial charge in [0.1, 0.15) is 5.69 Å². The predicted molar refractivity (Wildman–Crippen MR) is 81.9 cm³/mol. The molecule has 21 heavy (non-hydrogen) atoms. The fourth-order valence-corrected chi connectivity index (χ4v) is 2.21. The Kier molecular flexibility index (Phi) is 3.35. The molecular formula is C15H13ClN4O. The first-order valence-electron chi connectivity index (χ1n) is 6.37. The van der Waals surface area contributed by atoms with E-state index in [-0.39, 0.29) is 0 Å². The number of aromatic nitrogens is 3. The van der Waals surface area contributed by atoms with Gasteiger partial charge in [0.25, 0.3) is 5.89 Å². The fraction of sp³-hybridized carbons (Fsp3) is 0.133. The van der Waals surface area contributed by atoms with E-state index in [1.54, 1.807) is 12.1 Å². The lowest BCUT2D eigenvalue weighted by atomic mass is 10.0. The average molecular weight is 301 g/mol. The van der Waals surface area contributed by atoms with Gasteiger partial charge >= 0.3 is 0 Å². The van der Waals surface area contributed by atoms with Crippen molar-refractivity contribution in [1.82, 2.24) is 15.1 Å². The van der Waals surface area contributed by atoms with Crippen LogP contribution >= 0.6 is 11.6 Å². The number of pyridine rings is 1. The van der Waals surface area contributed by atoms with Crippen LogP contribution in [0.1, 0.15) is 11.1 Å². The first kappa shape index (κ1) is 13.6. The fourth-order valence-electron chi connectivity index (χ4n) is 2.10. The lowest BCUT2D eigenvalue weighted by Crippen LogP contribution is -1.95. The van der Waals surface area contributed by atoms with E-state index in [2.05, 4.69) is 15.1 Å². The summed E-state index contributed by atoms with van der Waals surface area (Å²) in [5.41, 5.74) is 10.1. The van der Waals surface area contributed by atoms with Gasteiger partial charge < -0.3 is 10.3 Å². The number of nitrogens with zero attached hydrogens (tertiary/aromatic N) is 3. The van der Waals surface area contributed by atoms with Gasteiger partial charge in [0.05, 0.1) is 10.6 Å². The monoisotopic (exact) mass is 300 g/mol. The third-order valence-electron chi connectivity index (χ3n) is 3.14. The molecule has 0 aliphatic carbocycles. The average Bonchev–Trinajstić information content (AvgIpc) is 2.93. The zero-order chi connectivity index (χ0) is 15.0. The Morgan fingerprint density at radius 1 is 1.19 bits per heavy atom. The summed E-state index contributed by atoms with van der Waals surface area (Å²) in [7, 11) is 0. The van der Waals surface area contributed by atoms with Gasteiger partial charge in [-0.25, -0.2) is 0 Å². The number of benzene rings is 1. The van der Waals surface area contributed by atoms with Crippen LogP contribution in [0, 0.1) is 13.8 Å². The number of rotatable bonds is 2. The van der Waals surface area contributed by atoms with Gasteiger partial charge in [0, 0.05) is 11.9 Å². The highest BCUT2D eigenvalue weighted by Crippen LogP contribution is 2.29. The Morgan fingerprint density at radius 3 is 2.71 bits per heavy atom. The molecule has 0 amide bonds. The number of aryl methyl sites for hydroxylation is 2. The molecule has 2 aromatic heterocycles. The molecule has 0 unspecified atom stereocenters. The molecule has 0 aliphatic heterocycles. The molecule has 0 saturated carbocycles. The maximum absolute atomic E-state index is 6.09. The minimum atomic E-state index is 0.381. The van der Waals surface area contributed by atoms with Crippen LogP contribution in [0.3, 0.4) is 0 Å². The summed E-state index contributed by atoms with van der Waals surface area (Å²) in [5, 5.41) is 4.50. The van der Waals surface area contributed by atoms with Crippen LogP contribution in [0.5, 0.6) is 0 Å². The molecule has 3 aromatic rings. The molecule has 3 rings (SSSR count). The number of nitrogen functional groups attached to an aromatic ring is 1. The molecule has 0 spiro atoms. The van der Waals surface area contributed by atoms with Gasteiger partial charge in [-0.1, -0.05) is 22.8 Å². The number of hydrogen-bond donors (Lipinski definition) is 1. The molecule has 0 bridgehead atoms. The minimum Gasteiger partial charge on any atom is -0.398 e. The predicted octanol–water partition coefficient (Wildman–Crippen LogP) is 3.65. The Bertz CT molecular complexity index is 796. The van der Waals surface area contributed by atoms with Crippen molar-refractivity contribution in [3.05, 3.63) is 46.6 Å². The van der Waals surface area contributed by atoms with E-state index in [4.69, 9.17) is 21.9 Å². The highest BCUT2D eigenvalue weighted by atomic mass is 35.5. The SMILES string of the molecule is Cc1cc(C)c(N)c(-c2nc(-c3ccc(Cl)cn3)no2)c1. The van der Waals surface area contributed by atoms with Crippen molar-refractivity contribution in [3.8, 4) is 23.0 Å². The van der Waals surface area contributed by atoms with Gasteiger partial charge in [0.15, 0.2) is 0 Å². The van der Waals surface area contributed by atoms with Gasteiger partial charge in [-0.05, 0) is 43.2 Å². The standard InChI is InChI=1S/C15H13ClN4O/c1-8-5-9(2)13(17)11(6-8)15-19-14(20-21-15)12-4-3-10(16)7-18-12/h3-7H,17H2,1-2H3. The van der Waals surface area contributed by atoms with E-state index in [1.165, 1.54) is 6.20 Å². The first-order valence-corrected chi connectivity index (χ1v) is 6.75. The number of hydrogen-bond acceptors (Lipinski definition) is 5. The summed E-state index contributed by atoms with van der Waals surface area (Å²) in [6, 6.07) is 7.40. The molecule has 0 fully saturated rings. The molecule has 0 radical (unpaired) electrons. The van der Waals surface area contributed by atoms with Crippen LogP contribution in [0.2, 0.25) is 5.02 Å². The minimum absolute atomic E-state index is 0.381. The third kappa shape index (κ3) is 2.60. The van der Waals surface area contributed by atoms with Crippen molar-refractivity contribution >= 4 is 17.3 Å². The summed E-state index contributed by atoms with van der Waals surface area (Å²) in [4.78, 5) is 8.52. The molecule has 6 heteroatoms. The van der Waals surface area contributed by atoms with E-state index in [0.717, 1.165) is 16.7 Å². The van der Waals surface area contributed by atoms with Gasteiger partial charge in [-0.15, -0.1) is 0 Å². The molecule has 0 aliphatic rings. The summed E-state index contributed by atoms with van der Waals surface area (Å²) in [5.74, 6) is 0.784. The third-order valence-corrected chi connectivity index (χ3v) is 3.37.